The molecule has 0 atom stereocenters. The fraction of sp³-hybridized carbons (Fsp3) is 0. The van der Waals surface area contributed by atoms with Gasteiger partial charge in [0.25, 0.3) is 0 Å². The third kappa shape index (κ3) is 1.48. The molecule has 2 aromatic rings. The zero-order valence-electron chi connectivity index (χ0n) is 6.72. The number of nitrogens with two attached hydrogens (primary N) is 1. The first-order chi connectivity index (χ1) is 6.20. The van der Waals surface area contributed by atoms with Crippen LogP contribution < -0.4 is 5.73 Å². The Morgan fingerprint density at radius 3 is 2.46 bits per heavy atom. The molecule has 0 spiro atoms. The number of halogens is 2. The average Bonchev–Trinajstić information content (AvgIpc) is 2.15. The molecule has 0 bridgehead atoms. The molecule has 3 heteroatoms. The van der Waals surface area contributed by atoms with Crippen LogP contribution in [0.1, 0.15) is 0 Å². The van der Waals surface area contributed by atoms with E-state index in [1.165, 1.54) is 0 Å². The standard InChI is InChI=1S/C10H7ClIN/c11-8-5-9(12)10(13)7-4-2-1-3-6(7)8/h1-5H,13H2. The van der Waals surface area contributed by atoms with E-state index in [9.17, 15) is 0 Å². The summed E-state index contributed by atoms with van der Waals surface area (Å²) in [5, 5.41) is 2.80. The van der Waals surface area contributed by atoms with Gasteiger partial charge in [0.05, 0.1) is 5.69 Å². The molecule has 0 amide bonds. The predicted molar refractivity (Wildman–Crippen MR) is 66.1 cm³/mol. The minimum atomic E-state index is 0.759. The van der Waals surface area contributed by atoms with E-state index in [0.29, 0.717) is 0 Å². The molecule has 1 nitrogen and oxygen atoms in total. The molecule has 0 aliphatic carbocycles. The Hall–Kier alpha value is -0.480. The summed E-state index contributed by atoms with van der Waals surface area (Å²) < 4.78 is 1.00. The maximum Gasteiger partial charge on any atom is 0.0530 e. The quantitative estimate of drug-likeness (QED) is 0.583. The lowest BCUT2D eigenvalue weighted by Crippen LogP contribution is -1.91. The topological polar surface area (TPSA) is 26.0 Å². The molecule has 0 aliphatic rings. The molecule has 0 saturated carbocycles. The predicted octanol–water partition coefficient (Wildman–Crippen LogP) is 3.68. The summed E-state index contributed by atoms with van der Waals surface area (Å²) >= 11 is 8.26. The van der Waals surface area contributed by atoms with E-state index in [2.05, 4.69) is 22.6 Å². The zero-order chi connectivity index (χ0) is 9.42. The molecule has 0 fully saturated rings. The first kappa shape index (κ1) is 9.09. The van der Waals surface area contributed by atoms with Gasteiger partial charge in [-0.25, -0.2) is 0 Å². The first-order valence-electron chi connectivity index (χ1n) is 3.82. The highest BCUT2D eigenvalue weighted by Gasteiger charge is 2.05. The third-order valence-electron chi connectivity index (χ3n) is 1.99. The minimum Gasteiger partial charge on any atom is -0.397 e. The Kier molecular flexibility index (Phi) is 2.34. The Balaban J connectivity index is 2.97. The Morgan fingerprint density at radius 2 is 1.77 bits per heavy atom. The van der Waals surface area contributed by atoms with E-state index in [1.807, 2.05) is 30.3 Å². The summed E-state index contributed by atoms with van der Waals surface area (Å²) in [5.74, 6) is 0. The van der Waals surface area contributed by atoms with Gasteiger partial charge in [0.1, 0.15) is 0 Å². The Morgan fingerprint density at radius 1 is 1.15 bits per heavy atom. The van der Waals surface area contributed by atoms with Gasteiger partial charge in [-0.1, -0.05) is 35.9 Å². The van der Waals surface area contributed by atoms with Gasteiger partial charge in [0, 0.05) is 19.4 Å². The third-order valence-corrected chi connectivity index (χ3v) is 3.19. The molecular formula is C10H7ClIN. The first-order valence-corrected chi connectivity index (χ1v) is 5.28. The number of nitrogen functional groups attached to an aromatic ring is 1. The minimum absolute atomic E-state index is 0.759. The maximum atomic E-state index is 6.07. The van der Waals surface area contributed by atoms with Crippen molar-refractivity contribution < 1.29 is 0 Å². The van der Waals surface area contributed by atoms with Crippen LogP contribution >= 0.6 is 34.2 Å². The second-order valence-corrected chi connectivity index (χ2v) is 4.37. The molecule has 2 rings (SSSR count). The SMILES string of the molecule is Nc1c(I)cc(Cl)c2ccccc12. The van der Waals surface area contributed by atoms with Crippen LogP contribution in [0.5, 0.6) is 0 Å². The van der Waals surface area contributed by atoms with E-state index >= 15 is 0 Å². The van der Waals surface area contributed by atoms with E-state index in [4.69, 9.17) is 17.3 Å². The van der Waals surface area contributed by atoms with Crippen molar-refractivity contribution in [3.8, 4) is 0 Å². The van der Waals surface area contributed by atoms with Crippen molar-refractivity contribution in [2.45, 2.75) is 0 Å². The molecule has 66 valence electrons. The number of benzene rings is 2. The van der Waals surface area contributed by atoms with Crippen molar-refractivity contribution in [3.63, 3.8) is 0 Å². The summed E-state index contributed by atoms with van der Waals surface area (Å²) in [6.07, 6.45) is 0. The summed E-state index contributed by atoms with van der Waals surface area (Å²) in [5.41, 5.74) is 6.73. The van der Waals surface area contributed by atoms with Crippen molar-refractivity contribution in [1.82, 2.24) is 0 Å². The van der Waals surface area contributed by atoms with E-state index < -0.39 is 0 Å². The van der Waals surface area contributed by atoms with Gasteiger partial charge in [-0.05, 0) is 28.7 Å². The van der Waals surface area contributed by atoms with Crippen molar-refractivity contribution >= 4 is 50.7 Å². The van der Waals surface area contributed by atoms with Gasteiger partial charge >= 0.3 is 0 Å². The molecule has 0 saturated heterocycles. The lowest BCUT2D eigenvalue weighted by Gasteiger charge is -2.05. The Bertz CT molecular complexity index is 468. The molecule has 0 aromatic heterocycles. The number of rotatable bonds is 0. The van der Waals surface area contributed by atoms with Gasteiger partial charge in [-0.2, -0.15) is 0 Å². The number of fused-ring (bicyclic) bond motifs is 1. The maximum absolute atomic E-state index is 6.07. The van der Waals surface area contributed by atoms with Gasteiger partial charge in [-0.15, -0.1) is 0 Å². The highest BCUT2D eigenvalue weighted by atomic mass is 127. The highest BCUT2D eigenvalue weighted by molar-refractivity contribution is 14.1. The lowest BCUT2D eigenvalue weighted by atomic mass is 10.1. The summed E-state index contributed by atoms with van der Waals surface area (Å²) in [6.45, 7) is 0. The molecule has 0 unspecified atom stereocenters. The second kappa shape index (κ2) is 3.35. The molecule has 2 N–H and O–H groups in total. The molecular weight excluding hydrogens is 296 g/mol. The number of hydrogen-bond donors (Lipinski definition) is 1. The molecule has 2 aromatic carbocycles. The normalized spacial score (nSPS) is 10.6. The summed E-state index contributed by atoms with van der Waals surface area (Å²) in [6, 6.07) is 9.77. The molecule has 0 heterocycles. The van der Waals surface area contributed by atoms with Crippen LogP contribution in [0.2, 0.25) is 5.02 Å². The van der Waals surface area contributed by atoms with Gasteiger partial charge in [0.15, 0.2) is 0 Å². The zero-order valence-corrected chi connectivity index (χ0v) is 9.63. The smallest absolute Gasteiger partial charge is 0.0530 e. The number of hydrogen-bond acceptors (Lipinski definition) is 1. The lowest BCUT2D eigenvalue weighted by molar-refractivity contribution is 1.68. The molecule has 0 radical (unpaired) electrons. The van der Waals surface area contributed by atoms with Crippen LogP contribution in [0.15, 0.2) is 30.3 Å². The monoisotopic (exact) mass is 303 g/mol. The van der Waals surface area contributed by atoms with Crippen LogP contribution in [0.4, 0.5) is 5.69 Å². The van der Waals surface area contributed by atoms with E-state index in [1.54, 1.807) is 0 Å². The van der Waals surface area contributed by atoms with Crippen LogP contribution in [0.25, 0.3) is 10.8 Å². The van der Waals surface area contributed by atoms with Crippen LogP contribution in [0.3, 0.4) is 0 Å². The average molecular weight is 304 g/mol. The van der Waals surface area contributed by atoms with E-state index in [-0.39, 0.29) is 0 Å². The van der Waals surface area contributed by atoms with Crippen molar-refractivity contribution in [2.75, 3.05) is 5.73 Å². The van der Waals surface area contributed by atoms with Crippen molar-refractivity contribution in [2.24, 2.45) is 0 Å². The summed E-state index contributed by atoms with van der Waals surface area (Å²) in [7, 11) is 0. The van der Waals surface area contributed by atoms with Gasteiger partial charge in [0.2, 0.25) is 0 Å². The highest BCUT2D eigenvalue weighted by Crippen LogP contribution is 2.31. The fourth-order valence-corrected chi connectivity index (χ4v) is 2.38. The number of anilines is 1. The van der Waals surface area contributed by atoms with Crippen LogP contribution in [0, 0.1) is 3.57 Å². The van der Waals surface area contributed by atoms with Gasteiger partial charge in [-0.3, -0.25) is 0 Å². The van der Waals surface area contributed by atoms with Gasteiger partial charge < -0.3 is 5.73 Å². The Labute approximate surface area is 95.0 Å². The molecule has 0 aliphatic heterocycles. The van der Waals surface area contributed by atoms with Crippen LogP contribution in [-0.4, -0.2) is 0 Å². The second-order valence-electron chi connectivity index (χ2n) is 2.80. The fourth-order valence-electron chi connectivity index (χ4n) is 1.32. The largest absolute Gasteiger partial charge is 0.397 e. The summed E-state index contributed by atoms with van der Waals surface area (Å²) in [4.78, 5) is 0. The van der Waals surface area contributed by atoms with Crippen LogP contribution in [-0.2, 0) is 0 Å². The van der Waals surface area contributed by atoms with Crippen molar-refractivity contribution in [3.05, 3.63) is 38.9 Å². The van der Waals surface area contributed by atoms with Crippen molar-refractivity contribution in [1.29, 1.82) is 0 Å². The van der Waals surface area contributed by atoms with E-state index in [0.717, 1.165) is 25.1 Å². The molecule has 13 heavy (non-hydrogen) atoms.